The van der Waals surface area contributed by atoms with Crippen LogP contribution in [0.5, 0.6) is 5.75 Å². The molecule has 0 saturated heterocycles. The van der Waals surface area contributed by atoms with E-state index < -0.39 is 0 Å². The van der Waals surface area contributed by atoms with Crippen LogP contribution in [0.15, 0.2) is 30.3 Å². The fourth-order valence-electron chi connectivity index (χ4n) is 3.09. The highest BCUT2D eigenvalue weighted by atomic mass is 32.1. The van der Waals surface area contributed by atoms with Crippen LogP contribution in [0.3, 0.4) is 0 Å². The molecule has 122 valence electrons. The molecule has 0 aliphatic heterocycles. The van der Waals surface area contributed by atoms with Crippen LogP contribution >= 0.6 is 11.3 Å². The summed E-state index contributed by atoms with van der Waals surface area (Å²) in [5, 5.41) is 3.04. The van der Waals surface area contributed by atoms with Crippen LogP contribution in [0.2, 0.25) is 0 Å². The first kappa shape index (κ1) is 16.1. The van der Waals surface area contributed by atoms with Crippen molar-refractivity contribution in [2.24, 2.45) is 0 Å². The molecular weight excluding hydrogens is 306 g/mol. The number of hydrogen-bond donors (Lipinski definition) is 1. The topological polar surface area (TPSA) is 38.3 Å². The van der Waals surface area contributed by atoms with E-state index in [-0.39, 0.29) is 5.91 Å². The number of benzene rings is 1. The van der Waals surface area contributed by atoms with Gasteiger partial charge in [0.25, 0.3) is 5.91 Å². The molecule has 0 radical (unpaired) electrons. The van der Waals surface area contributed by atoms with Crippen molar-refractivity contribution >= 4 is 17.2 Å². The number of methoxy groups -OCH3 is 1. The number of fused-ring (bicyclic) bond motifs is 1. The number of aryl methyl sites for hydroxylation is 2. The van der Waals surface area contributed by atoms with E-state index in [0.29, 0.717) is 6.54 Å². The van der Waals surface area contributed by atoms with Gasteiger partial charge in [-0.3, -0.25) is 4.79 Å². The molecule has 0 atom stereocenters. The second kappa shape index (κ2) is 7.64. The van der Waals surface area contributed by atoms with Crippen LogP contribution in [0.1, 0.15) is 44.9 Å². The van der Waals surface area contributed by atoms with Gasteiger partial charge in [0.1, 0.15) is 5.75 Å². The molecule has 0 saturated carbocycles. The molecule has 1 N–H and O–H groups in total. The van der Waals surface area contributed by atoms with Gasteiger partial charge in [-0.25, -0.2) is 0 Å². The number of carbonyl (C=O) groups is 1. The molecule has 0 unspecified atom stereocenters. The predicted molar refractivity (Wildman–Crippen MR) is 94.6 cm³/mol. The third-order valence-electron chi connectivity index (χ3n) is 4.34. The summed E-state index contributed by atoms with van der Waals surface area (Å²) in [7, 11) is 1.68. The van der Waals surface area contributed by atoms with Gasteiger partial charge < -0.3 is 10.1 Å². The van der Waals surface area contributed by atoms with Crippen molar-refractivity contribution in [1.82, 2.24) is 5.32 Å². The number of amides is 1. The van der Waals surface area contributed by atoms with E-state index in [2.05, 4.69) is 11.4 Å². The molecule has 1 amide bonds. The lowest BCUT2D eigenvalue weighted by atomic mass is 10.1. The maximum Gasteiger partial charge on any atom is 0.261 e. The standard InChI is InChI=1S/C19H23NO2S/c1-22-16-9-6-5-7-14(16)11-12-20-19(21)18-13-15-8-3-2-4-10-17(15)23-18/h5-7,9,13H,2-4,8,10-12H2,1H3,(H,20,21). The molecule has 1 aromatic carbocycles. The zero-order chi connectivity index (χ0) is 16.1. The molecule has 2 aromatic rings. The van der Waals surface area contributed by atoms with Gasteiger partial charge in [-0.1, -0.05) is 24.6 Å². The third kappa shape index (κ3) is 3.94. The zero-order valence-corrected chi connectivity index (χ0v) is 14.4. The van der Waals surface area contributed by atoms with Crippen LogP contribution < -0.4 is 10.1 Å². The molecule has 1 aliphatic carbocycles. The van der Waals surface area contributed by atoms with E-state index in [1.165, 1.54) is 29.7 Å². The van der Waals surface area contributed by atoms with Crippen molar-refractivity contribution in [1.29, 1.82) is 0 Å². The average molecular weight is 329 g/mol. The Bertz CT molecular complexity index is 654. The zero-order valence-electron chi connectivity index (χ0n) is 13.6. The Labute approximate surface area is 141 Å². The van der Waals surface area contributed by atoms with Crippen LogP contribution in [0.25, 0.3) is 0 Å². The second-order valence-electron chi connectivity index (χ2n) is 5.94. The maximum atomic E-state index is 12.4. The van der Waals surface area contributed by atoms with E-state index >= 15 is 0 Å². The van der Waals surface area contributed by atoms with Crippen molar-refractivity contribution < 1.29 is 9.53 Å². The number of nitrogens with one attached hydrogen (secondary N) is 1. The highest BCUT2D eigenvalue weighted by Crippen LogP contribution is 2.28. The van der Waals surface area contributed by atoms with E-state index in [4.69, 9.17) is 4.74 Å². The lowest BCUT2D eigenvalue weighted by molar-refractivity contribution is 0.0958. The summed E-state index contributed by atoms with van der Waals surface area (Å²) in [5.74, 6) is 0.933. The van der Waals surface area contributed by atoms with Crippen molar-refractivity contribution in [3.05, 3.63) is 51.2 Å². The van der Waals surface area contributed by atoms with Gasteiger partial charge in [0.05, 0.1) is 12.0 Å². The van der Waals surface area contributed by atoms with Gasteiger partial charge in [-0.05, 0) is 55.4 Å². The Morgan fingerprint density at radius 1 is 1.22 bits per heavy atom. The number of rotatable bonds is 5. The Morgan fingerprint density at radius 2 is 2.04 bits per heavy atom. The maximum absolute atomic E-state index is 12.4. The normalized spacial score (nSPS) is 14.0. The molecule has 1 aromatic heterocycles. The molecule has 0 bridgehead atoms. The average Bonchev–Trinajstić information content (AvgIpc) is 2.86. The van der Waals surface area contributed by atoms with Crippen molar-refractivity contribution in [3.63, 3.8) is 0 Å². The van der Waals surface area contributed by atoms with E-state index in [1.54, 1.807) is 18.4 Å². The van der Waals surface area contributed by atoms with E-state index in [0.717, 1.165) is 35.5 Å². The van der Waals surface area contributed by atoms with Gasteiger partial charge in [0.2, 0.25) is 0 Å². The van der Waals surface area contributed by atoms with E-state index in [1.807, 2.05) is 24.3 Å². The van der Waals surface area contributed by atoms with Crippen molar-refractivity contribution in [2.45, 2.75) is 38.5 Å². The minimum atomic E-state index is 0.0537. The number of ether oxygens (including phenoxy) is 1. The Hall–Kier alpha value is -1.81. The van der Waals surface area contributed by atoms with Gasteiger partial charge in [0, 0.05) is 11.4 Å². The summed E-state index contributed by atoms with van der Waals surface area (Å²) < 4.78 is 5.34. The summed E-state index contributed by atoms with van der Waals surface area (Å²) in [4.78, 5) is 14.6. The highest BCUT2D eigenvalue weighted by Gasteiger charge is 2.16. The minimum Gasteiger partial charge on any atom is -0.496 e. The molecule has 0 spiro atoms. The fourth-order valence-corrected chi connectivity index (χ4v) is 4.26. The molecule has 1 heterocycles. The first-order valence-electron chi connectivity index (χ1n) is 8.29. The molecule has 4 heteroatoms. The lowest BCUT2D eigenvalue weighted by Crippen LogP contribution is -2.25. The number of carbonyl (C=O) groups excluding carboxylic acids is 1. The van der Waals surface area contributed by atoms with Gasteiger partial charge in [-0.15, -0.1) is 11.3 Å². The second-order valence-corrected chi connectivity index (χ2v) is 7.07. The quantitative estimate of drug-likeness (QED) is 0.842. The Morgan fingerprint density at radius 3 is 2.91 bits per heavy atom. The van der Waals surface area contributed by atoms with Crippen molar-refractivity contribution in [2.75, 3.05) is 13.7 Å². The summed E-state index contributed by atoms with van der Waals surface area (Å²) in [6.07, 6.45) is 6.85. The first-order valence-corrected chi connectivity index (χ1v) is 9.11. The minimum absolute atomic E-state index is 0.0537. The summed E-state index contributed by atoms with van der Waals surface area (Å²) in [6.45, 7) is 0.627. The Balaban J connectivity index is 1.57. The molecule has 3 nitrogen and oxygen atoms in total. The predicted octanol–water partition coefficient (Wildman–Crippen LogP) is 4.00. The highest BCUT2D eigenvalue weighted by molar-refractivity contribution is 7.14. The molecular formula is C19H23NO2S. The molecule has 1 aliphatic rings. The first-order chi connectivity index (χ1) is 11.3. The SMILES string of the molecule is COc1ccccc1CCNC(=O)c1cc2c(s1)CCCCC2. The third-order valence-corrected chi connectivity index (χ3v) is 5.58. The molecule has 23 heavy (non-hydrogen) atoms. The summed E-state index contributed by atoms with van der Waals surface area (Å²) >= 11 is 1.67. The van der Waals surface area contributed by atoms with Crippen LogP contribution in [0.4, 0.5) is 0 Å². The monoisotopic (exact) mass is 329 g/mol. The number of para-hydroxylation sites is 1. The Kier molecular flexibility index (Phi) is 5.34. The fraction of sp³-hybridized carbons (Fsp3) is 0.421. The lowest BCUT2D eigenvalue weighted by Gasteiger charge is -2.08. The van der Waals surface area contributed by atoms with Crippen LogP contribution in [-0.4, -0.2) is 19.6 Å². The van der Waals surface area contributed by atoms with Gasteiger partial charge in [0.15, 0.2) is 0 Å². The number of thiophene rings is 1. The van der Waals surface area contributed by atoms with Gasteiger partial charge >= 0.3 is 0 Å². The molecule has 3 rings (SSSR count). The number of hydrogen-bond acceptors (Lipinski definition) is 3. The summed E-state index contributed by atoms with van der Waals surface area (Å²) in [5.41, 5.74) is 2.51. The van der Waals surface area contributed by atoms with Crippen molar-refractivity contribution in [3.8, 4) is 5.75 Å². The largest absolute Gasteiger partial charge is 0.496 e. The van der Waals surface area contributed by atoms with Gasteiger partial charge in [-0.2, -0.15) is 0 Å². The van der Waals surface area contributed by atoms with E-state index in [9.17, 15) is 4.79 Å². The molecule has 0 fully saturated rings. The van der Waals surface area contributed by atoms with Crippen LogP contribution in [0, 0.1) is 0 Å². The smallest absolute Gasteiger partial charge is 0.261 e. The van der Waals surface area contributed by atoms with Crippen LogP contribution in [-0.2, 0) is 19.3 Å². The summed E-state index contributed by atoms with van der Waals surface area (Å²) in [6, 6.07) is 10.0.